The van der Waals surface area contributed by atoms with Gasteiger partial charge in [0.1, 0.15) is 5.69 Å². The minimum absolute atomic E-state index is 0.285. The van der Waals surface area contributed by atoms with E-state index in [1.807, 2.05) is 6.07 Å². The normalized spacial score (nSPS) is 13.7. The van der Waals surface area contributed by atoms with Gasteiger partial charge in [-0.05, 0) is 43.2 Å². The van der Waals surface area contributed by atoms with Crippen LogP contribution < -0.4 is 10.2 Å². The Balaban J connectivity index is 1.74. The molecule has 0 saturated carbocycles. The van der Waals surface area contributed by atoms with Crippen LogP contribution in [0.5, 0.6) is 0 Å². The molecule has 1 N–H and O–H groups in total. The molecule has 0 aliphatic carbocycles. The maximum Gasteiger partial charge on any atom is 0.274 e. The van der Waals surface area contributed by atoms with Crippen molar-refractivity contribution in [2.45, 2.75) is 12.8 Å². The molecule has 1 saturated heterocycles. The minimum Gasteiger partial charge on any atom is -0.341 e. The summed E-state index contributed by atoms with van der Waals surface area (Å²) in [4.78, 5) is 22.9. The molecule has 22 heavy (non-hydrogen) atoms. The van der Waals surface area contributed by atoms with E-state index in [9.17, 15) is 4.79 Å². The van der Waals surface area contributed by atoms with E-state index in [1.165, 1.54) is 0 Å². The lowest BCUT2D eigenvalue weighted by Gasteiger charge is -2.15. The van der Waals surface area contributed by atoms with Gasteiger partial charge in [-0.25, -0.2) is 9.97 Å². The molecule has 2 heterocycles. The van der Waals surface area contributed by atoms with Gasteiger partial charge in [-0.1, -0.05) is 0 Å². The van der Waals surface area contributed by atoms with Gasteiger partial charge < -0.3 is 10.2 Å². The van der Waals surface area contributed by atoms with Gasteiger partial charge in [0.15, 0.2) is 0 Å². The first-order valence-corrected chi connectivity index (χ1v) is 7.16. The molecule has 1 aliphatic rings. The van der Waals surface area contributed by atoms with Crippen LogP contribution in [0.25, 0.3) is 0 Å². The number of benzene rings is 1. The monoisotopic (exact) mass is 293 g/mol. The first kappa shape index (κ1) is 14.0. The zero-order valence-electron chi connectivity index (χ0n) is 12.0. The minimum atomic E-state index is -0.285. The first-order valence-electron chi connectivity index (χ1n) is 7.16. The maximum atomic E-state index is 12.3. The lowest BCUT2D eigenvalue weighted by atomic mass is 10.2. The van der Waals surface area contributed by atoms with Crippen molar-refractivity contribution in [1.29, 1.82) is 5.26 Å². The summed E-state index contributed by atoms with van der Waals surface area (Å²) in [6, 6.07) is 10.3. The number of amides is 1. The van der Waals surface area contributed by atoms with E-state index in [1.54, 1.807) is 36.5 Å². The van der Waals surface area contributed by atoms with Crippen LogP contribution in [0.4, 0.5) is 11.6 Å². The number of nitriles is 1. The number of carbonyl (C=O) groups is 1. The Bertz CT molecular complexity index is 714. The van der Waals surface area contributed by atoms with Crippen molar-refractivity contribution in [2.75, 3.05) is 23.3 Å². The molecule has 0 spiro atoms. The summed E-state index contributed by atoms with van der Waals surface area (Å²) in [6.45, 7) is 1.86. The summed E-state index contributed by atoms with van der Waals surface area (Å²) in [6.07, 6.45) is 3.87. The molecule has 6 nitrogen and oxygen atoms in total. The molecule has 1 aromatic heterocycles. The molecule has 1 aliphatic heterocycles. The van der Waals surface area contributed by atoms with E-state index >= 15 is 0 Å². The number of nitrogens with zero attached hydrogens (tertiary/aromatic N) is 4. The van der Waals surface area contributed by atoms with E-state index in [-0.39, 0.29) is 5.91 Å². The SMILES string of the molecule is N#Cc1ccc(NC(=O)c2ccnc(N3CCCC3)n2)cc1. The second-order valence-corrected chi connectivity index (χ2v) is 5.08. The third kappa shape index (κ3) is 3.04. The van der Waals surface area contributed by atoms with Gasteiger partial charge in [0.05, 0.1) is 11.6 Å². The van der Waals surface area contributed by atoms with Crippen molar-refractivity contribution < 1.29 is 4.79 Å². The molecule has 6 heteroatoms. The maximum absolute atomic E-state index is 12.3. The molecule has 0 unspecified atom stereocenters. The van der Waals surface area contributed by atoms with Crippen molar-refractivity contribution in [1.82, 2.24) is 9.97 Å². The van der Waals surface area contributed by atoms with Crippen LogP contribution in [0.2, 0.25) is 0 Å². The van der Waals surface area contributed by atoms with E-state index in [0.29, 0.717) is 22.9 Å². The topological polar surface area (TPSA) is 81.9 Å². The van der Waals surface area contributed by atoms with E-state index in [2.05, 4.69) is 20.2 Å². The van der Waals surface area contributed by atoms with E-state index in [0.717, 1.165) is 25.9 Å². The van der Waals surface area contributed by atoms with Crippen molar-refractivity contribution in [3.05, 3.63) is 47.8 Å². The quantitative estimate of drug-likeness (QED) is 0.938. The molecule has 0 atom stereocenters. The Morgan fingerprint density at radius 1 is 1.18 bits per heavy atom. The molecular weight excluding hydrogens is 278 g/mol. The number of hydrogen-bond donors (Lipinski definition) is 1. The highest BCUT2D eigenvalue weighted by molar-refractivity contribution is 6.02. The lowest BCUT2D eigenvalue weighted by molar-refractivity contribution is 0.102. The molecule has 1 aromatic carbocycles. The molecule has 3 rings (SSSR count). The predicted molar refractivity (Wildman–Crippen MR) is 82.6 cm³/mol. The zero-order valence-corrected chi connectivity index (χ0v) is 12.0. The second kappa shape index (κ2) is 6.22. The van der Waals surface area contributed by atoms with Crippen LogP contribution in [-0.2, 0) is 0 Å². The van der Waals surface area contributed by atoms with E-state index in [4.69, 9.17) is 5.26 Å². The van der Waals surface area contributed by atoms with Crippen LogP contribution in [0, 0.1) is 11.3 Å². The Hall–Kier alpha value is -2.94. The number of nitrogens with one attached hydrogen (secondary N) is 1. The lowest BCUT2D eigenvalue weighted by Crippen LogP contribution is -2.22. The molecule has 0 radical (unpaired) electrons. The molecular formula is C16H15N5O. The summed E-state index contributed by atoms with van der Waals surface area (Å²) in [5.74, 6) is 0.317. The van der Waals surface area contributed by atoms with Gasteiger partial charge in [-0.3, -0.25) is 4.79 Å². The largest absolute Gasteiger partial charge is 0.341 e. The van der Waals surface area contributed by atoms with Gasteiger partial charge in [0, 0.05) is 25.0 Å². The van der Waals surface area contributed by atoms with Gasteiger partial charge in [-0.15, -0.1) is 0 Å². The van der Waals surface area contributed by atoms with Crippen LogP contribution in [0.1, 0.15) is 28.9 Å². The third-order valence-corrected chi connectivity index (χ3v) is 3.54. The fourth-order valence-corrected chi connectivity index (χ4v) is 2.37. The number of rotatable bonds is 3. The molecule has 2 aromatic rings. The number of anilines is 2. The van der Waals surface area contributed by atoms with Crippen molar-refractivity contribution in [3.63, 3.8) is 0 Å². The zero-order chi connectivity index (χ0) is 15.4. The third-order valence-electron chi connectivity index (χ3n) is 3.54. The highest BCUT2D eigenvalue weighted by atomic mass is 16.1. The second-order valence-electron chi connectivity index (χ2n) is 5.08. The Labute approximate surface area is 128 Å². The van der Waals surface area contributed by atoms with Gasteiger partial charge in [0.25, 0.3) is 5.91 Å². The molecule has 1 fully saturated rings. The number of hydrogen-bond acceptors (Lipinski definition) is 5. The summed E-state index contributed by atoms with van der Waals surface area (Å²) >= 11 is 0. The van der Waals surface area contributed by atoms with Crippen LogP contribution in [0.3, 0.4) is 0 Å². The first-order chi connectivity index (χ1) is 10.8. The van der Waals surface area contributed by atoms with Crippen molar-refractivity contribution in [2.24, 2.45) is 0 Å². The van der Waals surface area contributed by atoms with Crippen LogP contribution in [-0.4, -0.2) is 29.0 Å². The highest BCUT2D eigenvalue weighted by Crippen LogP contribution is 2.16. The van der Waals surface area contributed by atoms with E-state index < -0.39 is 0 Å². The fourth-order valence-electron chi connectivity index (χ4n) is 2.37. The molecule has 1 amide bonds. The van der Waals surface area contributed by atoms with Crippen molar-refractivity contribution >= 4 is 17.5 Å². The standard InChI is InChI=1S/C16H15N5O/c17-11-12-3-5-13(6-4-12)19-15(22)14-7-8-18-16(20-14)21-9-1-2-10-21/h3-8H,1-2,9-10H2,(H,19,22). The average Bonchev–Trinajstić information content (AvgIpc) is 3.10. The molecule has 0 bridgehead atoms. The van der Waals surface area contributed by atoms with Crippen LogP contribution >= 0.6 is 0 Å². The average molecular weight is 293 g/mol. The van der Waals surface area contributed by atoms with Gasteiger partial charge >= 0.3 is 0 Å². The van der Waals surface area contributed by atoms with Crippen molar-refractivity contribution in [3.8, 4) is 6.07 Å². The Kier molecular flexibility index (Phi) is 3.97. The molecule has 110 valence electrons. The number of carbonyl (C=O) groups excluding carboxylic acids is 1. The summed E-state index contributed by atoms with van der Waals surface area (Å²) in [7, 11) is 0. The fraction of sp³-hybridized carbons (Fsp3) is 0.250. The summed E-state index contributed by atoms with van der Waals surface area (Å²) < 4.78 is 0. The number of aromatic nitrogens is 2. The summed E-state index contributed by atoms with van der Waals surface area (Å²) in [5, 5.41) is 11.5. The van der Waals surface area contributed by atoms with Crippen LogP contribution in [0.15, 0.2) is 36.5 Å². The Morgan fingerprint density at radius 3 is 2.59 bits per heavy atom. The highest BCUT2D eigenvalue weighted by Gasteiger charge is 2.16. The Morgan fingerprint density at radius 2 is 1.91 bits per heavy atom. The smallest absolute Gasteiger partial charge is 0.274 e. The van der Waals surface area contributed by atoms with Gasteiger partial charge in [-0.2, -0.15) is 5.26 Å². The predicted octanol–water partition coefficient (Wildman–Crippen LogP) is 2.20. The summed E-state index contributed by atoms with van der Waals surface area (Å²) in [5.41, 5.74) is 1.52. The van der Waals surface area contributed by atoms with Gasteiger partial charge in [0.2, 0.25) is 5.95 Å².